The van der Waals surface area contributed by atoms with Crippen molar-refractivity contribution < 1.29 is 19.1 Å². The third-order valence-electron chi connectivity index (χ3n) is 4.54. The van der Waals surface area contributed by atoms with Gasteiger partial charge in [-0.3, -0.25) is 9.59 Å². The van der Waals surface area contributed by atoms with Gasteiger partial charge in [0.15, 0.2) is 17.1 Å². The Labute approximate surface area is 186 Å². The van der Waals surface area contributed by atoms with Crippen LogP contribution in [0.3, 0.4) is 0 Å². The number of rotatable bonds is 6. The molecule has 2 N–H and O–H groups in total. The summed E-state index contributed by atoms with van der Waals surface area (Å²) in [5, 5.41) is 10.2. The van der Waals surface area contributed by atoms with Crippen molar-refractivity contribution in [3.8, 4) is 11.5 Å². The van der Waals surface area contributed by atoms with Crippen LogP contribution in [-0.4, -0.2) is 43.9 Å². The number of ether oxygens (including phenoxy) is 2. The van der Waals surface area contributed by atoms with Crippen molar-refractivity contribution in [2.75, 3.05) is 23.2 Å². The normalized spacial score (nSPS) is 12.0. The topological polar surface area (TPSA) is 120 Å². The van der Waals surface area contributed by atoms with E-state index in [1.54, 1.807) is 61.1 Å². The zero-order valence-corrected chi connectivity index (χ0v) is 17.3. The largest absolute Gasteiger partial charge is 0.454 e. The number of amides is 2. The first-order valence-corrected chi connectivity index (χ1v) is 10.5. The summed E-state index contributed by atoms with van der Waals surface area (Å²) in [6.45, 7) is 0.165. The van der Waals surface area contributed by atoms with Gasteiger partial charge in [-0.05, 0) is 30.3 Å². The lowest BCUT2D eigenvalue weighted by molar-refractivity contribution is -0.113. The molecule has 4 aromatic rings. The maximum atomic E-state index is 12.9. The lowest BCUT2D eigenvalue weighted by Gasteiger charge is -2.10. The fourth-order valence-electron chi connectivity index (χ4n) is 3.10. The molecule has 1 aliphatic rings. The van der Waals surface area contributed by atoms with Gasteiger partial charge >= 0.3 is 0 Å². The highest BCUT2D eigenvalue weighted by atomic mass is 32.2. The second-order valence-corrected chi connectivity index (χ2v) is 7.61. The summed E-state index contributed by atoms with van der Waals surface area (Å²) in [6.07, 6.45) is 4.76. The summed E-state index contributed by atoms with van der Waals surface area (Å²) in [5.74, 6) is 1.18. The van der Waals surface area contributed by atoms with Crippen LogP contribution in [0.25, 0.3) is 5.65 Å². The van der Waals surface area contributed by atoms with Crippen LogP contribution in [0.15, 0.2) is 66.1 Å². The van der Waals surface area contributed by atoms with Gasteiger partial charge < -0.3 is 20.1 Å². The Morgan fingerprint density at radius 2 is 1.91 bits per heavy atom. The lowest BCUT2D eigenvalue weighted by atomic mass is 10.2. The average Bonchev–Trinajstić information content (AvgIpc) is 3.47. The zero-order chi connectivity index (χ0) is 21.9. The molecule has 5 rings (SSSR count). The minimum atomic E-state index is -0.361. The van der Waals surface area contributed by atoms with E-state index in [2.05, 4.69) is 25.7 Å². The van der Waals surface area contributed by atoms with E-state index in [4.69, 9.17) is 9.47 Å². The van der Waals surface area contributed by atoms with Crippen LogP contribution in [0.2, 0.25) is 0 Å². The summed E-state index contributed by atoms with van der Waals surface area (Å²) in [6, 6.07) is 11.9. The molecule has 0 bridgehead atoms. The molecule has 4 heterocycles. The summed E-state index contributed by atoms with van der Waals surface area (Å²) in [5.41, 5.74) is 1.56. The minimum absolute atomic E-state index is 0.0738. The molecular weight excluding hydrogens is 432 g/mol. The van der Waals surface area contributed by atoms with E-state index >= 15 is 0 Å². The Kier molecular flexibility index (Phi) is 5.30. The first-order chi connectivity index (χ1) is 15.7. The Bertz CT molecular complexity index is 1320. The minimum Gasteiger partial charge on any atom is -0.454 e. The number of thioether (sulfide) groups is 1. The van der Waals surface area contributed by atoms with E-state index in [-0.39, 0.29) is 24.4 Å². The molecule has 3 aromatic heterocycles. The number of pyridine rings is 1. The summed E-state index contributed by atoms with van der Waals surface area (Å²) in [4.78, 5) is 33.8. The van der Waals surface area contributed by atoms with Crippen LogP contribution in [0.4, 0.5) is 11.5 Å². The lowest BCUT2D eigenvalue weighted by Crippen LogP contribution is -2.17. The van der Waals surface area contributed by atoms with Crippen LogP contribution >= 0.6 is 11.8 Å². The van der Waals surface area contributed by atoms with Crippen LogP contribution < -0.4 is 20.1 Å². The molecule has 160 valence electrons. The Morgan fingerprint density at radius 3 is 2.84 bits per heavy atom. The standard InChI is InChI=1S/C21H16N6O4S/c28-19(25-13-3-4-15-16(10-13)31-12-30-15)11-32-21-14(2-1-7-23-21)20(29)26-18-5-8-22-17-6-9-24-27(17)18/h1-10H,11-12H2,(H,25,28)(H,26,29). The molecule has 10 nitrogen and oxygen atoms in total. The van der Waals surface area contributed by atoms with Gasteiger partial charge in [-0.1, -0.05) is 11.8 Å². The number of benzene rings is 1. The third-order valence-corrected chi connectivity index (χ3v) is 5.55. The molecule has 0 aliphatic carbocycles. The first kappa shape index (κ1) is 19.8. The number of nitrogens with zero attached hydrogens (tertiary/aromatic N) is 4. The molecule has 0 radical (unpaired) electrons. The van der Waals surface area contributed by atoms with Crippen molar-refractivity contribution in [1.82, 2.24) is 19.6 Å². The number of carbonyl (C=O) groups excluding carboxylic acids is 2. The molecular formula is C21H16N6O4S. The summed E-state index contributed by atoms with van der Waals surface area (Å²) < 4.78 is 12.1. The van der Waals surface area contributed by atoms with E-state index in [0.717, 1.165) is 0 Å². The van der Waals surface area contributed by atoms with Gasteiger partial charge in [0.2, 0.25) is 12.7 Å². The highest BCUT2D eigenvalue weighted by molar-refractivity contribution is 8.00. The van der Waals surface area contributed by atoms with Gasteiger partial charge in [0.25, 0.3) is 5.91 Å². The van der Waals surface area contributed by atoms with E-state index in [0.29, 0.717) is 39.2 Å². The molecule has 1 aromatic carbocycles. The maximum absolute atomic E-state index is 12.9. The molecule has 0 saturated heterocycles. The Hall–Kier alpha value is -4.12. The molecule has 0 spiro atoms. The molecule has 0 fully saturated rings. The zero-order valence-electron chi connectivity index (χ0n) is 16.5. The molecule has 0 saturated carbocycles. The monoisotopic (exact) mass is 448 g/mol. The molecule has 1 aliphatic heterocycles. The second kappa shape index (κ2) is 8.55. The first-order valence-electron chi connectivity index (χ1n) is 9.55. The van der Waals surface area contributed by atoms with E-state index in [9.17, 15) is 9.59 Å². The highest BCUT2D eigenvalue weighted by Gasteiger charge is 2.17. The van der Waals surface area contributed by atoms with E-state index in [1.807, 2.05) is 0 Å². The maximum Gasteiger partial charge on any atom is 0.259 e. The highest BCUT2D eigenvalue weighted by Crippen LogP contribution is 2.34. The van der Waals surface area contributed by atoms with E-state index < -0.39 is 0 Å². The number of anilines is 2. The van der Waals surface area contributed by atoms with Gasteiger partial charge in [-0.15, -0.1) is 0 Å². The Morgan fingerprint density at radius 1 is 1.00 bits per heavy atom. The van der Waals surface area contributed by atoms with Crippen molar-refractivity contribution in [2.45, 2.75) is 5.03 Å². The molecule has 32 heavy (non-hydrogen) atoms. The fourth-order valence-corrected chi connectivity index (χ4v) is 3.89. The van der Waals surface area contributed by atoms with Gasteiger partial charge in [0.05, 0.1) is 17.5 Å². The van der Waals surface area contributed by atoms with Crippen LogP contribution in [-0.2, 0) is 4.79 Å². The summed E-state index contributed by atoms with van der Waals surface area (Å²) >= 11 is 1.17. The number of hydrogen-bond donors (Lipinski definition) is 2. The average molecular weight is 448 g/mol. The molecule has 0 atom stereocenters. The second-order valence-electron chi connectivity index (χ2n) is 6.65. The number of hydrogen-bond acceptors (Lipinski definition) is 8. The predicted molar refractivity (Wildman–Crippen MR) is 117 cm³/mol. The van der Waals surface area contributed by atoms with Crippen molar-refractivity contribution >= 4 is 40.7 Å². The molecule has 2 amide bonds. The van der Waals surface area contributed by atoms with Crippen molar-refractivity contribution in [1.29, 1.82) is 0 Å². The quantitative estimate of drug-likeness (QED) is 0.432. The van der Waals surface area contributed by atoms with Crippen molar-refractivity contribution in [3.05, 3.63) is 66.6 Å². The van der Waals surface area contributed by atoms with Crippen LogP contribution in [0.1, 0.15) is 10.4 Å². The Balaban J connectivity index is 1.25. The van der Waals surface area contributed by atoms with Gasteiger partial charge in [-0.25, -0.2) is 9.97 Å². The SMILES string of the molecule is O=C(CSc1ncccc1C(=O)Nc1ccnc2ccnn12)Nc1ccc2c(c1)OCO2. The van der Waals surface area contributed by atoms with Crippen LogP contribution in [0, 0.1) is 0 Å². The number of carbonyl (C=O) groups is 2. The van der Waals surface area contributed by atoms with Crippen molar-refractivity contribution in [2.24, 2.45) is 0 Å². The molecule has 11 heteroatoms. The summed E-state index contributed by atoms with van der Waals surface area (Å²) in [7, 11) is 0. The fraction of sp³-hybridized carbons (Fsp3) is 0.0952. The van der Waals surface area contributed by atoms with Crippen molar-refractivity contribution in [3.63, 3.8) is 0 Å². The van der Waals surface area contributed by atoms with Gasteiger partial charge in [0, 0.05) is 30.2 Å². The molecule has 0 unspecified atom stereocenters. The van der Waals surface area contributed by atoms with Gasteiger partial charge in [0.1, 0.15) is 10.8 Å². The van der Waals surface area contributed by atoms with Crippen LogP contribution in [0.5, 0.6) is 11.5 Å². The van der Waals surface area contributed by atoms with Gasteiger partial charge in [-0.2, -0.15) is 9.61 Å². The predicted octanol–water partition coefficient (Wildman–Crippen LogP) is 2.84. The smallest absolute Gasteiger partial charge is 0.259 e. The third kappa shape index (κ3) is 4.05. The number of fused-ring (bicyclic) bond motifs is 2. The number of aromatic nitrogens is 4. The van der Waals surface area contributed by atoms with E-state index in [1.165, 1.54) is 16.3 Å². The number of nitrogens with one attached hydrogen (secondary N) is 2.